The first-order valence-corrected chi connectivity index (χ1v) is 13.6. The molecule has 2 aliphatic carbocycles. The van der Waals surface area contributed by atoms with E-state index in [1.807, 2.05) is 0 Å². The van der Waals surface area contributed by atoms with Crippen LogP contribution in [-0.4, -0.2) is 18.2 Å². The zero-order valence-electron chi connectivity index (χ0n) is 22.2. The maximum absolute atomic E-state index is 13.0. The van der Waals surface area contributed by atoms with E-state index >= 15 is 0 Å². The lowest BCUT2D eigenvalue weighted by Gasteiger charge is -2.36. The molecule has 0 saturated heterocycles. The zero-order chi connectivity index (χ0) is 25.0. The van der Waals surface area contributed by atoms with Crippen molar-refractivity contribution in [2.45, 2.75) is 78.2 Å². The van der Waals surface area contributed by atoms with Crippen molar-refractivity contribution in [3.8, 4) is 11.1 Å². The first-order chi connectivity index (χ1) is 16.8. The third-order valence-electron chi connectivity index (χ3n) is 8.29. The minimum Gasteiger partial charge on any atom is -0.449 e. The van der Waals surface area contributed by atoms with Gasteiger partial charge in [0.2, 0.25) is 0 Å². The molecule has 3 heteroatoms. The molecule has 4 atom stereocenters. The molecule has 0 heterocycles. The van der Waals surface area contributed by atoms with Crippen LogP contribution in [0.5, 0.6) is 0 Å². The molecule has 2 aromatic rings. The van der Waals surface area contributed by atoms with E-state index < -0.39 is 5.54 Å². The Morgan fingerprint density at radius 3 is 2.31 bits per heavy atom. The zero-order valence-corrected chi connectivity index (χ0v) is 22.2. The molecule has 188 valence electrons. The lowest BCUT2D eigenvalue weighted by Crippen LogP contribution is -2.45. The molecule has 0 aliphatic heterocycles. The minimum absolute atomic E-state index is 0.0802. The van der Waals surface area contributed by atoms with E-state index in [1.54, 1.807) is 0 Å². The third-order valence-corrected chi connectivity index (χ3v) is 8.29. The Morgan fingerprint density at radius 1 is 1.09 bits per heavy atom. The van der Waals surface area contributed by atoms with Gasteiger partial charge in [-0.2, -0.15) is 0 Å². The highest BCUT2D eigenvalue weighted by atomic mass is 16.5. The number of fused-ring (bicyclic) bond motifs is 3. The van der Waals surface area contributed by atoms with Gasteiger partial charge in [-0.15, -0.1) is 0 Å². The average molecular weight is 474 g/mol. The van der Waals surface area contributed by atoms with E-state index in [1.165, 1.54) is 41.5 Å². The van der Waals surface area contributed by atoms with Crippen LogP contribution in [0.4, 0.5) is 4.79 Å². The van der Waals surface area contributed by atoms with Crippen LogP contribution in [0.2, 0.25) is 0 Å². The van der Waals surface area contributed by atoms with E-state index in [0.29, 0.717) is 18.4 Å². The number of nitrogens with one attached hydrogen (secondary N) is 1. The molecule has 1 saturated carbocycles. The number of hydrogen-bond donors (Lipinski definition) is 1. The Bertz CT molecular complexity index is 996. The Labute approximate surface area is 212 Å². The summed E-state index contributed by atoms with van der Waals surface area (Å²) in [5.41, 5.74) is 4.57. The first-order valence-electron chi connectivity index (χ1n) is 13.6. The number of amides is 1. The van der Waals surface area contributed by atoms with Gasteiger partial charge < -0.3 is 10.1 Å². The van der Waals surface area contributed by atoms with Crippen LogP contribution in [0.1, 0.15) is 83.8 Å². The van der Waals surface area contributed by atoms with Crippen molar-refractivity contribution in [1.29, 1.82) is 0 Å². The fourth-order valence-corrected chi connectivity index (χ4v) is 6.41. The highest BCUT2D eigenvalue weighted by Gasteiger charge is 2.32. The van der Waals surface area contributed by atoms with Crippen LogP contribution < -0.4 is 5.32 Å². The van der Waals surface area contributed by atoms with Gasteiger partial charge >= 0.3 is 6.09 Å². The predicted molar refractivity (Wildman–Crippen MR) is 145 cm³/mol. The lowest BCUT2D eigenvalue weighted by atomic mass is 9.69. The highest BCUT2D eigenvalue weighted by Crippen LogP contribution is 2.44. The molecule has 35 heavy (non-hydrogen) atoms. The summed E-state index contributed by atoms with van der Waals surface area (Å²) in [5, 5.41) is 3.21. The smallest absolute Gasteiger partial charge is 0.407 e. The molecule has 3 nitrogen and oxygen atoms in total. The molecule has 2 aliphatic rings. The third kappa shape index (κ3) is 5.82. The number of rotatable bonds is 8. The molecule has 0 bridgehead atoms. The summed E-state index contributed by atoms with van der Waals surface area (Å²) in [7, 11) is 0. The summed E-state index contributed by atoms with van der Waals surface area (Å²) in [5.74, 6) is 2.84. The number of hydrogen-bond acceptors (Lipinski definition) is 2. The Hall–Kier alpha value is -2.55. The number of alkyl carbamates (subject to hydrolysis) is 1. The van der Waals surface area contributed by atoms with Gasteiger partial charge in [0.1, 0.15) is 6.61 Å². The van der Waals surface area contributed by atoms with Crippen molar-refractivity contribution >= 4 is 6.09 Å². The second-order valence-electron chi connectivity index (χ2n) is 11.5. The predicted octanol–water partition coefficient (Wildman–Crippen LogP) is 8.35. The maximum atomic E-state index is 13.0. The molecule has 1 N–H and O–H groups in total. The van der Waals surface area contributed by atoms with Gasteiger partial charge in [-0.25, -0.2) is 4.79 Å². The molecule has 2 aromatic carbocycles. The van der Waals surface area contributed by atoms with Crippen molar-refractivity contribution in [3.05, 3.63) is 71.8 Å². The molecule has 1 amide bonds. The van der Waals surface area contributed by atoms with Crippen LogP contribution in [0, 0.1) is 23.7 Å². The number of benzene rings is 2. The summed E-state index contributed by atoms with van der Waals surface area (Å²) in [4.78, 5) is 13.0. The van der Waals surface area contributed by atoms with Gasteiger partial charge in [0, 0.05) is 5.92 Å². The minimum atomic E-state index is -0.403. The molecule has 0 radical (unpaired) electrons. The Morgan fingerprint density at radius 2 is 1.71 bits per heavy atom. The van der Waals surface area contributed by atoms with Crippen molar-refractivity contribution in [1.82, 2.24) is 5.32 Å². The molecule has 1 fully saturated rings. The second-order valence-corrected chi connectivity index (χ2v) is 11.5. The largest absolute Gasteiger partial charge is 0.449 e. The van der Waals surface area contributed by atoms with Crippen molar-refractivity contribution in [2.24, 2.45) is 23.7 Å². The van der Waals surface area contributed by atoms with Crippen molar-refractivity contribution in [2.75, 3.05) is 6.61 Å². The van der Waals surface area contributed by atoms with Crippen LogP contribution in [-0.2, 0) is 4.74 Å². The molecular weight excluding hydrogens is 430 g/mol. The highest BCUT2D eigenvalue weighted by molar-refractivity contribution is 5.79. The Kier molecular flexibility index (Phi) is 8.04. The van der Waals surface area contributed by atoms with Crippen LogP contribution in [0.25, 0.3) is 11.1 Å². The SMILES string of the molecule is CCC[C@](C)(C=C[C@@H]1C[C@H](C)CC[C@H]1C(C)C)NC(=O)OCC1c2ccccc2-c2ccccc21. The van der Waals surface area contributed by atoms with Gasteiger partial charge in [0.15, 0.2) is 0 Å². The topological polar surface area (TPSA) is 38.3 Å². The van der Waals surface area contributed by atoms with Gasteiger partial charge in [-0.3, -0.25) is 0 Å². The molecular formula is C32H43NO2. The fourth-order valence-electron chi connectivity index (χ4n) is 6.41. The summed E-state index contributed by atoms with van der Waals surface area (Å²) in [6, 6.07) is 16.9. The van der Waals surface area contributed by atoms with Gasteiger partial charge in [0.05, 0.1) is 5.54 Å². The number of ether oxygens (including phenoxy) is 1. The maximum Gasteiger partial charge on any atom is 0.407 e. The summed E-state index contributed by atoms with van der Waals surface area (Å²) in [6.07, 6.45) is 10.1. The summed E-state index contributed by atoms with van der Waals surface area (Å²) >= 11 is 0. The van der Waals surface area contributed by atoms with Crippen LogP contribution in [0.15, 0.2) is 60.7 Å². The van der Waals surface area contributed by atoms with E-state index in [-0.39, 0.29) is 12.0 Å². The summed E-state index contributed by atoms with van der Waals surface area (Å²) in [6.45, 7) is 11.7. The average Bonchev–Trinajstić information content (AvgIpc) is 3.15. The normalized spacial score (nSPS) is 23.7. The van der Waals surface area contributed by atoms with E-state index in [0.717, 1.165) is 24.7 Å². The van der Waals surface area contributed by atoms with Crippen LogP contribution >= 0.6 is 0 Å². The van der Waals surface area contributed by atoms with Gasteiger partial charge in [-0.05, 0) is 72.1 Å². The molecule has 0 spiro atoms. The standard InChI is InChI=1S/C32H43NO2/c1-6-18-32(5,19-17-24-20-23(4)15-16-25(24)22(2)3)33-31(34)35-21-30-28-13-9-7-11-26(28)27-12-8-10-14-29(27)30/h7-14,17,19,22-25,30H,6,15-16,18,20-21H2,1-5H3,(H,33,34)/t23-,24-,25+,32-/m1/s1. The number of carbonyl (C=O) groups is 1. The van der Waals surface area contributed by atoms with Gasteiger partial charge in [-0.1, -0.05) is 101 Å². The van der Waals surface area contributed by atoms with Gasteiger partial charge in [0.25, 0.3) is 0 Å². The van der Waals surface area contributed by atoms with Crippen molar-refractivity contribution < 1.29 is 9.53 Å². The summed E-state index contributed by atoms with van der Waals surface area (Å²) < 4.78 is 5.87. The van der Waals surface area contributed by atoms with E-state index in [9.17, 15) is 4.79 Å². The number of carbonyl (C=O) groups excluding carboxylic acids is 1. The van der Waals surface area contributed by atoms with Crippen molar-refractivity contribution in [3.63, 3.8) is 0 Å². The first kappa shape index (κ1) is 25.5. The van der Waals surface area contributed by atoms with E-state index in [4.69, 9.17) is 4.74 Å². The molecule has 0 aromatic heterocycles. The van der Waals surface area contributed by atoms with Crippen LogP contribution in [0.3, 0.4) is 0 Å². The fraction of sp³-hybridized carbons (Fsp3) is 0.531. The molecule has 4 rings (SSSR count). The quantitative estimate of drug-likeness (QED) is 0.391. The molecule has 0 unspecified atom stereocenters. The second kappa shape index (κ2) is 11.0. The lowest BCUT2D eigenvalue weighted by molar-refractivity contribution is 0.134. The monoisotopic (exact) mass is 473 g/mol. The number of allylic oxidation sites excluding steroid dienone is 1. The van der Waals surface area contributed by atoms with E-state index in [2.05, 4.69) is 101 Å². The Balaban J connectivity index is 1.43.